The third kappa shape index (κ3) is 5.73. The minimum absolute atomic E-state index is 0.00472. The lowest BCUT2D eigenvalue weighted by Gasteiger charge is -2.26. The van der Waals surface area contributed by atoms with Gasteiger partial charge in [0.05, 0.1) is 13.2 Å². The molecule has 0 fully saturated rings. The number of hydrogen-bond donors (Lipinski definition) is 1. The van der Waals surface area contributed by atoms with Crippen molar-refractivity contribution in [3.63, 3.8) is 0 Å². The molecule has 0 saturated heterocycles. The number of methoxy groups -OCH3 is 1. The summed E-state index contributed by atoms with van der Waals surface area (Å²) in [5.41, 5.74) is 3.26. The second kappa shape index (κ2) is 10.1. The Bertz CT molecular complexity index is 787. The van der Waals surface area contributed by atoms with E-state index in [4.69, 9.17) is 9.47 Å². The molecular weight excluding hydrogens is 352 g/mol. The molecular formula is C23H32N2O3. The molecule has 0 heterocycles. The van der Waals surface area contributed by atoms with Crippen LogP contribution >= 0.6 is 0 Å². The van der Waals surface area contributed by atoms with Gasteiger partial charge in [0.2, 0.25) is 0 Å². The molecule has 0 aromatic heterocycles. The Morgan fingerprint density at radius 2 is 1.79 bits per heavy atom. The molecule has 0 aliphatic carbocycles. The molecule has 0 saturated carbocycles. The highest BCUT2D eigenvalue weighted by Crippen LogP contribution is 2.28. The van der Waals surface area contributed by atoms with Crippen molar-refractivity contribution in [3.05, 3.63) is 59.2 Å². The molecule has 1 unspecified atom stereocenters. The quantitative estimate of drug-likeness (QED) is 0.712. The van der Waals surface area contributed by atoms with E-state index in [1.54, 1.807) is 7.11 Å². The summed E-state index contributed by atoms with van der Waals surface area (Å²) in [5, 5.41) is 2.99. The highest BCUT2D eigenvalue weighted by Gasteiger charge is 2.19. The van der Waals surface area contributed by atoms with Crippen LogP contribution in [0.1, 0.15) is 42.5 Å². The van der Waals surface area contributed by atoms with Crippen LogP contribution in [0.2, 0.25) is 0 Å². The predicted molar refractivity (Wildman–Crippen MR) is 113 cm³/mol. The highest BCUT2D eigenvalue weighted by molar-refractivity contribution is 5.77. The lowest BCUT2D eigenvalue weighted by atomic mass is 10.0. The highest BCUT2D eigenvalue weighted by atomic mass is 16.5. The van der Waals surface area contributed by atoms with Gasteiger partial charge >= 0.3 is 0 Å². The first-order valence-corrected chi connectivity index (χ1v) is 9.62. The van der Waals surface area contributed by atoms with Crippen LogP contribution in [-0.4, -0.2) is 45.2 Å². The summed E-state index contributed by atoms with van der Waals surface area (Å²) in [4.78, 5) is 14.5. The van der Waals surface area contributed by atoms with Gasteiger partial charge in [-0.3, -0.25) is 4.79 Å². The topological polar surface area (TPSA) is 50.8 Å². The Morgan fingerprint density at radius 1 is 1.07 bits per heavy atom. The molecule has 5 nitrogen and oxygen atoms in total. The third-order valence-corrected chi connectivity index (χ3v) is 4.76. The molecule has 0 bridgehead atoms. The lowest BCUT2D eigenvalue weighted by Crippen LogP contribution is -2.37. The van der Waals surface area contributed by atoms with Crippen molar-refractivity contribution in [3.8, 4) is 11.5 Å². The molecule has 2 aromatic carbocycles. The molecule has 0 radical (unpaired) electrons. The second-order valence-electron chi connectivity index (χ2n) is 7.51. The summed E-state index contributed by atoms with van der Waals surface area (Å²) < 4.78 is 11.3. The molecule has 1 amide bonds. The maximum Gasteiger partial charge on any atom is 0.258 e. The predicted octanol–water partition coefficient (Wildman–Crippen LogP) is 3.92. The van der Waals surface area contributed by atoms with Gasteiger partial charge in [0.25, 0.3) is 5.91 Å². The molecule has 2 rings (SSSR count). The summed E-state index contributed by atoms with van der Waals surface area (Å²) in [5.74, 6) is 1.78. The van der Waals surface area contributed by atoms with E-state index in [1.165, 1.54) is 0 Å². The minimum Gasteiger partial charge on any atom is -0.496 e. The summed E-state index contributed by atoms with van der Waals surface area (Å²) in [7, 11) is 5.63. The van der Waals surface area contributed by atoms with E-state index in [2.05, 4.69) is 36.2 Å². The smallest absolute Gasteiger partial charge is 0.258 e. The number of carbonyl (C=O) groups is 1. The van der Waals surface area contributed by atoms with E-state index >= 15 is 0 Å². The Balaban J connectivity index is 2.00. The first-order chi connectivity index (χ1) is 13.3. The van der Waals surface area contributed by atoms with Crippen molar-refractivity contribution in [2.24, 2.45) is 0 Å². The largest absolute Gasteiger partial charge is 0.496 e. The van der Waals surface area contributed by atoms with Crippen molar-refractivity contribution in [1.29, 1.82) is 0 Å². The molecule has 5 heteroatoms. The average molecular weight is 385 g/mol. The van der Waals surface area contributed by atoms with Gasteiger partial charge in [-0.1, -0.05) is 44.2 Å². The van der Waals surface area contributed by atoms with Crippen molar-refractivity contribution in [1.82, 2.24) is 10.2 Å². The summed E-state index contributed by atoms with van der Waals surface area (Å²) >= 11 is 0. The molecule has 0 aliphatic rings. The van der Waals surface area contributed by atoms with E-state index in [9.17, 15) is 4.79 Å². The Morgan fingerprint density at radius 3 is 2.43 bits per heavy atom. The van der Waals surface area contributed by atoms with Crippen LogP contribution in [0.4, 0.5) is 0 Å². The molecule has 0 aliphatic heterocycles. The molecule has 28 heavy (non-hydrogen) atoms. The van der Waals surface area contributed by atoms with Gasteiger partial charge in [-0.05, 0) is 50.2 Å². The molecule has 1 atom stereocenters. The minimum atomic E-state index is -0.141. The zero-order valence-corrected chi connectivity index (χ0v) is 17.8. The van der Waals surface area contributed by atoms with Crippen LogP contribution in [0.25, 0.3) is 0 Å². The van der Waals surface area contributed by atoms with Gasteiger partial charge in [0.15, 0.2) is 6.61 Å². The van der Waals surface area contributed by atoms with Crippen molar-refractivity contribution in [2.45, 2.75) is 32.7 Å². The van der Waals surface area contributed by atoms with E-state index in [0.29, 0.717) is 12.5 Å². The number of ether oxygens (including phenoxy) is 2. The number of aryl methyl sites for hydroxylation is 1. The summed E-state index contributed by atoms with van der Waals surface area (Å²) in [6.07, 6.45) is 0. The van der Waals surface area contributed by atoms with Gasteiger partial charge in [-0.2, -0.15) is 0 Å². The SMILES string of the molecule is COc1ccccc1C(CNC(=O)COc1cc(C)ccc1C(C)C)N(C)C. The van der Waals surface area contributed by atoms with Gasteiger partial charge < -0.3 is 19.7 Å². The summed E-state index contributed by atoms with van der Waals surface area (Å²) in [6, 6.07) is 14.0. The third-order valence-electron chi connectivity index (χ3n) is 4.76. The first kappa shape index (κ1) is 21.8. The fraction of sp³-hybridized carbons (Fsp3) is 0.435. The van der Waals surface area contributed by atoms with Crippen molar-refractivity contribution in [2.75, 3.05) is 34.4 Å². The molecule has 2 aromatic rings. The van der Waals surface area contributed by atoms with Crippen LogP contribution in [-0.2, 0) is 4.79 Å². The van der Waals surface area contributed by atoms with Crippen LogP contribution in [0, 0.1) is 6.92 Å². The number of benzene rings is 2. The van der Waals surface area contributed by atoms with Crippen LogP contribution < -0.4 is 14.8 Å². The fourth-order valence-corrected chi connectivity index (χ4v) is 3.16. The average Bonchev–Trinajstić information content (AvgIpc) is 2.66. The number of amides is 1. The standard InChI is InChI=1S/C23H32N2O3/c1-16(2)18-12-11-17(3)13-22(18)28-15-23(26)24-14-20(25(4)5)19-9-7-8-10-21(19)27-6/h7-13,16,20H,14-15H2,1-6H3,(H,24,26). The van der Waals surface area contributed by atoms with Crippen LogP contribution in [0.15, 0.2) is 42.5 Å². The molecule has 1 N–H and O–H groups in total. The number of likely N-dealkylation sites (N-methyl/N-ethyl adjacent to an activating group) is 1. The number of carbonyl (C=O) groups excluding carboxylic acids is 1. The number of rotatable bonds is 9. The van der Waals surface area contributed by atoms with Gasteiger partial charge in [-0.15, -0.1) is 0 Å². The number of nitrogens with one attached hydrogen (secondary N) is 1. The second-order valence-corrected chi connectivity index (χ2v) is 7.51. The molecule has 152 valence electrons. The zero-order valence-electron chi connectivity index (χ0n) is 17.8. The summed E-state index contributed by atoms with van der Waals surface area (Å²) in [6.45, 7) is 6.72. The Kier molecular flexibility index (Phi) is 7.88. The number of nitrogens with zero attached hydrogens (tertiary/aromatic N) is 1. The Hall–Kier alpha value is -2.53. The monoisotopic (exact) mass is 384 g/mol. The van der Waals surface area contributed by atoms with E-state index < -0.39 is 0 Å². The molecule has 0 spiro atoms. The van der Waals surface area contributed by atoms with E-state index in [-0.39, 0.29) is 18.6 Å². The zero-order chi connectivity index (χ0) is 20.7. The Labute approximate surface area is 168 Å². The maximum absolute atomic E-state index is 12.4. The number of hydrogen-bond acceptors (Lipinski definition) is 4. The fourth-order valence-electron chi connectivity index (χ4n) is 3.16. The van der Waals surface area contributed by atoms with Gasteiger partial charge in [0, 0.05) is 12.1 Å². The van der Waals surface area contributed by atoms with Crippen LogP contribution in [0.5, 0.6) is 11.5 Å². The maximum atomic E-state index is 12.4. The van der Waals surface area contributed by atoms with Gasteiger partial charge in [-0.25, -0.2) is 0 Å². The van der Waals surface area contributed by atoms with Gasteiger partial charge in [0.1, 0.15) is 11.5 Å². The number of para-hydroxylation sites is 1. The van der Waals surface area contributed by atoms with Crippen molar-refractivity contribution >= 4 is 5.91 Å². The normalized spacial score (nSPS) is 12.1. The van der Waals surface area contributed by atoms with E-state index in [0.717, 1.165) is 28.2 Å². The van der Waals surface area contributed by atoms with E-state index in [1.807, 2.05) is 51.4 Å². The lowest BCUT2D eigenvalue weighted by molar-refractivity contribution is -0.123. The van der Waals surface area contributed by atoms with Crippen molar-refractivity contribution < 1.29 is 14.3 Å². The first-order valence-electron chi connectivity index (χ1n) is 9.62. The van der Waals surface area contributed by atoms with Crippen LogP contribution in [0.3, 0.4) is 0 Å².